The summed E-state index contributed by atoms with van der Waals surface area (Å²) in [5.41, 5.74) is 1.02. The maximum Gasteiger partial charge on any atom is 0.251 e. The molecule has 0 saturated heterocycles. The molecule has 150 valence electrons. The predicted molar refractivity (Wildman–Crippen MR) is 112 cm³/mol. The summed E-state index contributed by atoms with van der Waals surface area (Å²) in [5, 5.41) is 5.39. The van der Waals surface area contributed by atoms with Gasteiger partial charge in [-0.1, -0.05) is 29.8 Å². The van der Waals surface area contributed by atoms with Gasteiger partial charge < -0.3 is 10.6 Å². The first-order chi connectivity index (χ1) is 13.2. The smallest absolute Gasteiger partial charge is 0.251 e. The van der Waals surface area contributed by atoms with Crippen molar-refractivity contribution in [2.75, 3.05) is 18.4 Å². The van der Waals surface area contributed by atoms with Gasteiger partial charge in [0.2, 0.25) is 15.9 Å². The first-order valence-corrected chi connectivity index (χ1v) is 10.9. The van der Waals surface area contributed by atoms with E-state index in [4.69, 9.17) is 0 Å². The maximum absolute atomic E-state index is 12.2. The molecule has 7 nitrogen and oxygen atoms in total. The highest BCUT2D eigenvalue weighted by atomic mass is 79.9. The lowest BCUT2D eigenvalue weighted by Gasteiger charge is -2.10. The third-order valence-corrected chi connectivity index (χ3v) is 5.77. The van der Waals surface area contributed by atoms with Gasteiger partial charge in [0, 0.05) is 34.7 Å². The van der Waals surface area contributed by atoms with Gasteiger partial charge in [0.15, 0.2) is 0 Å². The molecule has 2 amide bonds. The normalized spacial score (nSPS) is 11.3. The van der Waals surface area contributed by atoms with Gasteiger partial charge in [-0.05, 0) is 48.5 Å². The molecule has 0 aliphatic heterocycles. The lowest BCUT2D eigenvalue weighted by molar-refractivity contribution is -0.118. The first kappa shape index (κ1) is 22.1. The molecule has 0 fully saturated rings. The van der Waals surface area contributed by atoms with E-state index in [1.807, 2.05) is 0 Å². The minimum Gasteiger partial charge on any atom is -0.351 e. The summed E-state index contributed by atoms with van der Waals surface area (Å²) in [5.74, 6) is -0.566. The number of sulfonamides is 1. The number of halogens is 1. The van der Waals surface area contributed by atoms with Crippen LogP contribution in [0.1, 0.15) is 24.2 Å². The van der Waals surface area contributed by atoms with Gasteiger partial charge >= 0.3 is 0 Å². The molecular formula is C19H22BrN3O4S. The Balaban J connectivity index is 1.82. The van der Waals surface area contributed by atoms with Gasteiger partial charge in [0.1, 0.15) is 0 Å². The van der Waals surface area contributed by atoms with Crippen molar-refractivity contribution in [3.05, 3.63) is 58.6 Å². The molecule has 0 saturated carbocycles. The quantitative estimate of drug-likeness (QED) is 0.519. The lowest BCUT2D eigenvalue weighted by Crippen LogP contribution is -2.34. The molecule has 0 atom stereocenters. The van der Waals surface area contributed by atoms with Crippen molar-refractivity contribution in [1.29, 1.82) is 0 Å². The number of rotatable bonds is 8. The van der Waals surface area contributed by atoms with E-state index >= 15 is 0 Å². The molecular weight excluding hydrogens is 446 g/mol. The Hall–Kier alpha value is -2.23. The van der Waals surface area contributed by atoms with E-state index in [-0.39, 0.29) is 35.7 Å². The Kier molecular flexibility index (Phi) is 7.73. The van der Waals surface area contributed by atoms with Crippen LogP contribution in [-0.2, 0) is 14.8 Å². The van der Waals surface area contributed by atoms with Crippen molar-refractivity contribution in [3.63, 3.8) is 0 Å². The average Bonchev–Trinajstić information content (AvgIpc) is 2.66. The Morgan fingerprint density at radius 3 is 2.14 bits per heavy atom. The van der Waals surface area contributed by atoms with Crippen molar-refractivity contribution in [1.82, 2.24) is 10.0 Å². The molecule has 2 aromatic rings. The second kappa shape index (κ2) is 9.81. The van der Waals surface area contributed by atoms with Crippen LogP contribution in [0.2, 0.25) is 0 Å². The van der Waals surface area contributed by atoms with Gasteiger partial charge in [-0.15, -0.1) is 0 Å². The monoisotopic (exact) mass is 467 g/mol. The zero-order chi connectivity index (χ0) is 20.7. The average molecular weight is 468 g/mol. The third-order valence-electron chi connectivity index (χ3n) is 3.77. The van der Waals surface area contributed by atoms with Gasteiger partial charge in [-0.2, -0.15) is 0 Å². The molecule has 0 aliphatic rings. The second-order valence-electron chi connectivity index (χ2n) is 6.33. The zero-order valence-electron chi connectivity index (χ0n) is 15.5. The molecule has 2 aromatic carbocycles. The Morgan fingerprint density at radius 2 is 1.57 bits per heavy atom. The number of amides is 2. The molecule has 0 aromatic heterocycles. The van der Waals surface area contributed by atoms with Gasteiger partial charge in [-0.25, -0.2) is 13.1 Å². The Bertz CT molecular complexity index is 927. The van der Waals surface area contributed by atoms with Crippen LogP contribution in [0.5, 0.6) is 0 Å². The van der Waals surface area contributed by atoms with E-state index in [1.54, 1.807) is 50.2 Å². The standard InChI is InChI=1S/C19H22BrN3O4S/c1-13(2)18(24)23-16-7-3-14(4-8-16)19(25)21-11-12-22-28(26,27)17-9-5-15(20)6-10-17/h3-10,13,22H,11-12H2,1-2H3,(H,21,25)(H,23,24). The van der Waals surface area contributed by atoms with Crippen molar-refractivity contribution < 1.29 is 18.0 Å². The SMILES string of the molecule is CC(C)C(=O)Nc1ccc(C(=O)NCCNS(=O)(=O)c2ccc(Br)cc2)cc1. The van der Waals surface area contributed by atoms with Gasteiger partial charge in [-0.3, -0.25) is 9.59 Å². The van der Waals surface area contributed by atoms with Crippen LogP contribution < -0.4 is 15.4 Å². The van der Waals surface area contributed by atoms with Crippen LogP contribution in [0.3, 0.4) is 0 Å². The van der Waals surface area contributed by atoms with Crippen molar-refractivity contribution in [2.24, 2.45) is 5.92 Å². The van der Waals surface area contributed by atoms with Crippen LogP contribution in [0.25, 0.3) is 0 Å². The topological polar surface area (TPSA) is 104 Å². The van der Waals surface area contributed by atoms with E-state index in [1.165, 1.54) is 12.1 Å². The second-order valence-corrected chi connectivity index (χ2v) is 9.01. The molecule has 2 rings (SSSR count). The highest BCUT2D eigenvalue weighted by Gasteiger charge is 2.13. The van der Waals surface area contributed by atoms with Crippen molar-refractivity contribution in [3.8, 4) is 0 Å². The highest BCUT2D eigenvalue weighted by Crippen LogP contribution is 2.14. The number of hydrogen-bond acceptors (Lipinski definition) is 4. The molecule has 9 heteroatoms. The molecule has 0 heterocycles. The number of carbonyl (C=O) groups excluding carboxylic acids is 2. The fourth-order valence-electron chi connectivity index (χ4n) is 2.15. The Morgan fingerprint density at radius 1 is 0.964 bits per heavy atom. The lowest BCUT2D eigenvalue weighted by atomic mass is 10.1. The fourth-order valence-corrected chi connectivity index (χ4v) is 3.45. The number of anilines is 1. The van der Waals surface area contributed by atoms with E-state index < -0.39 is 10.0 Å². The summed E-state index contributed by atoms with van der Waals surface area (Å²) in [6.07, 6.45) is 0. The molecule has 28 heavy (non-hydrogen) atoms. The molecule has 0 unspecified atom stereocenters. The van der Waals surface area contributed by atoms with E-state index in [2.05, 4.69) is 31.3 Å². The largest absolute Gasteiger partial charge is 0.351 e. The fraction of sp³-hybridized carbons (Fsp3) is 0.263. The molecule has 0 radical (unpaired) electrons. The maximum atomic E-state index is 12.2. The minimum atomic E-state index is -3.63. The summed E-state index contributed by atoms with van der Waals surface area (Å²) in [7, 11) is -3.63. The summed E-state index contributed by atoms with van der Waals surface area (Å²) >= 11 is 3.25. The number of benzene rings is 2. The predicted octanol–water partition coefficient (Wildman–Crippen LogP) is 2.75. The number of hydrogen-bond donors (Lipinski definition) is 3. The van der Waals surface area contributed by atoms with Crippen LogP contribution in [0, 0.1) is 5.92 Å². The van der Waals surface area contributed by atoms with E-state index in [0.717, 1.165) is 4.47 Å². The summed E-state index contributed by atoms with van der Waals surface area (Å²) in [4.78, 5) is 23.9. The summed E-state index contributed by atoms with van der Waals surface area (Å²) in [6, 6.07) is 12.7. The third kappa shape index (κ3) is 6.43. The van der Waals surface area contributed by atoms with Crippen LogP contribution in [-0.4, -0.2) is 33.3 Å². The summed E-state index contributed by atoms with van der Waals surface area (Å²) < 4.78 is 27.5. The molecule has 0 spiro atoms. The molecule has 3 N–H and O–H groups in total. The number of carbonyl (C=O) groups is 2. The van der Waals surface area contributed by atoms with Crippen LogP contribution >= 0.6 is 15.9 Å². The molecule has 0 aliphatic carbocycles. The van der Waals surface area contributed by atoms with Gasteiger partial charge in [0.25, 0.3) is 5.91 Å². The van der Waals surface area contributed by atoms with E-state index in [9.17, 15) is 18.0 Å². The first-order valence-electron chi connectivity index (χ1n) is 8.63. The van der Waals surface area contributed by atoms with Crippen LogP contribution in [0.15, 0.2) is 57.9 Å². The Labute approximate surface area is 173 Å². The molecule has 0 bridgehead atoms. The van der Waals surface area contributed by atoms with E-state index in [0.29, 0.717) is 11.3 Å². The van der Waals surface area contributed by atoms with Crippen molar-refractivity contribution >= 4 is 43.5 Å². The zero-order valence-corrected chi connectivity index (χ0v) is 17.9. The number of nitrogens with one attached hydrogen (secondary N) is 3. The van der Waals surface area contributed by atoms with Gasteiger partial charge in [0.05, 0.1) is 4.90 Å². The minimum absolute atomic E-state index is 0.0622. The van der Waals surface area contributed by atoms with Crippen LogP contribution in [0.4, 0.5) is 5.69 Å². The summed E-state index contributed by atoms with van der Waals surface area (Å²) in [6.45, 7) is 3.79. The van der Waals surface area contributed by atoms with Crippen molar-refractivity contribution in [2.45, 2.75) is 18.7 Å². The highest BCUT2D eigenvalue weighted by molar-refractivity contribution is 9.10.